The van der Waals surface area contributed by atoms with Gasteiger partial charge in [-0.3, -0.25) is 9.59 Å². The average molecular weight is 502 g/mol. The Labute approximate surface area is 202 Å². The van der Waals surface area contributed by atoms with E-state index in [1.807, 2.05) is 18.2 Å². The maximum atomic E-state index is 12.9. The van der Waals surface area contributed by atoms with Gasteiger partial charge in [-0.2, -0.15) is 9.30 Å². The van der Waals surface area contributed by atoms with Crippen LogP contribution < -0.4 is 4.80 Å². The van der Waals surface area contributed by atoms with Gasteiger partial charge in [-0.15, -0.1) is 0 Å². The van der Waals surface area contributed by atoms with Crippen LogP contribution in [0.15, 0.2) is 52.4 Å². The van der Waals surface area contributed by atoms with Gasteiger partial charge in [-0.25, -0.2) is 8.42 Å². The van der Waals surface area contributed by atoms with Gasteiger partial charge < -0.3 is 9.30 Å². The molecule has 0 bridgehead atoms. The summed E-state index contributed by atoms with van der Waals surface area (Å²) in [6.07, 6.45) is 1.73. The van der Waals surface area contributed by atoms with E-state index in [9.17, 15) is 18.0 Å². The maximum absolute atomic E-state index is 12.9. The normalized spacial score (nSPS) is 14.8. The second kappa shape index (κ2) is 9.44. The van der Waals surface area contributed by atoms with E-state index in [4.69, 9.17) is 4.74 Å². The number of sulfonamides is 1. The van der Waals surface area contributed by atoms with Crippen LogP contribution in [0, 0.1) is 0 Å². The minimum atomic E-state index is -3.59. The molecule has 0 atom stereocenters. The van der Waals surface area contributed by atoms with E-state index in [1.165, 1.54) is 47.0 Å². The largest absolute Gasteiger partial charge is 0.468 e. The first-order valence-electron chi connectivity index (χ1n) is 11.0. The number of thiazole rings is 1. The van der Waals surface area contributed by atoms with E-state index in [-0.39, 0.29) is 23.0 Å². The first kappa shape index (κ1) is 24.3. The van der Waals surface area contributed by atoms with Crippen molar-refractivity contribution in [2.45, 2.75) is 50.1 Å². The predicted octanol–water partition coefficient (Wildman–Crippen LogP) is 3.52. The Kier molecular flexibility index (Phi) is 6.75. The lowest BCUT2D eigenvalue weighted by atomic mass is 10.0. The Morgan fingerprint density at radius 1 is 1.18 bits per heavy atom. The summed E-state index contributed by atoms with van der Waals surface area (Å²) in [5.41, 5.74) is 2.19. The molecule has 1 heterocycles. The van der Waals surface area contributed by atoms with Crippen LogP contribution in [0.5, 0.6) is 0 Å². The van der Waals surface area contributed by atoms with E-state index in [0.717, 1.165) is 28.6 Å². The van der Waals surface area contributed by atoms with Gasteiger partial charge in [0.1, 0.15) is 6.54 Å². The van der Waals surface area contributed by atoms with Crippen LogP contribution in [-0.4, -0.2) is 49.4 Å². The van der Waals surface area contributed by atoms with Crippen molar-refractivity contribution in [1.29, 1.82) is 0 Å². The van der Waals surface area contributed by atoms with Crippen molar-refractivity contribution in [2.24, 2.45) is 4.99 Å². The second-order valence-corrected chi connectivity index (χ2v) is 11.6. The average Bonchev–Trinajstić information content (AvgIpc) is 3.62. The van der Waals surface area contributed by atoms with Crippen molar-refractivity contribution in [3.63, 3.8) is 0 Å². The Hall–Kier alpha value is -2.82. The molecule has 180 valence electrons. The van der Waals surface area contributed by atoms with Gasteiger partial charge in [0.2, 0.25) is 10.0 Å². The molecule has 1 aromatic heterocycles. The number of benzene rings is 2. The number of methoxy groups -OCH3 is 1. The van der Waals surface area contributed by atoms with Crippen molar-refractivity contribution in [1.82, 2.24) is 8.87 Å². The van der Waals surface area contributed by atoms with Gasteiger partial charge in [-0.05, 0) is 60.7 Å². The molecule has 1 saturated carbocycles. The lowest BCUT2D eigenvalue weighted by molar-refractivity contribution is -0.141. The topological polar surface area (TPSA) is 98.0 Å². The number of carbonyl (C=O) groups is 2. The first-order chi connectivity index (χ1) is 16.1. The number of nitrogens with zero attached hydrogens (tertiary/aromatic N) is 3. The van der Waals surface area contributed by atoms with E-state index in [1.54, 1.807) is 11.6 Å². The fourth-order valence-corrected chi connectivity index (χ4v) is 6.09. The number of ether oxygens (including phenoxy) is 1. The molecular weight excluding hydrogens is 474 g/mol. The second-order valence-electron chi connectivity index (χ2n) is 8.62. The van der Waals surface area contributed by atoms with E-state index in [2.05, 4.69) is 18.8 Å². The summed E-state index contributed by atoms with van der Waals surface area (Å²) < 4.78 is 34.2. The highest BCUT2D eigenvalue weighted by Crippen LogP contribution is 2.30. The van der Waals surface area contributed by atoms with E-state index < -0.39 is 21.9 Å². The van der Waals surface area contributed by atoms with Crippen LogP contribution in [-0.2, 0) is 26.1 Å². The van der Waals surface area contributed by atoms with Gasteiger partial charge >= 0.3 is 5.97 Å². The molecule has 8 nitrogen and oxygen atoms in total. The molecule has 0 radical (unpaired) electrons. The van der Waals surface area contributed by atoms with Crippen molar-refractivity contribution >= 4 is 43.5 Å². The molecule has 1 fully saturated rings. The molecule has 4 rings (SSSR count). The fourth-order valence-electron chi connectivity index (χ4n) is 3.60. The zero-order chi connectivity index (χ0) is 24.6. The Balaban J connectivity index is 1.70. The molecule has 10 heteroatoms. The van der Waals surface area contributed by atoms with Gasteiger partial charge in [0.25, 0.3) is 5.91 Å². The van der Waals surface area contributed by atoms with Crippen molar-refractivity contribution < 1.29 is 22.7 Å². The fraction of sp³-hybridized carbons (Fsp3) is 0.375. The molecule has 0 N–H and O–H groups in total. The smallest absolute Gasteiger partial charge is 0.325 e. The minimum absolute atomic E-state index is 0.0516. The summed E-state index contributed by atoms with van der Waals surface area (Å²) >= 11 is 1.32. The van der Waals surface area contributed by atoms with Gasteiger partial charge in [0.15, 0.2) is 4.80 Å². The molecule has 3 aromatic rings. The van der Waals surface area contributed by atoms with Crippen LogP contribution in [0.2, 0.25) is 0 Å². The molecule has 1 aliphatic carbocycles. The molecule has 0 spiro atoms. The Bertz CT molecular complexity index is 1420. The summed E-state index contributed by atoms with van der Waals surface area (Å²) in [5.74, 6) is -0.638. The van der Waals surface area contributed by atoms with Crippen LogP contribution in [0.1, 0.15) is 48.5 Å². The summed E-state index contributed by atoms with van der Waals surface area (Å²) in [6, 6.07) is 11.8. The lowest BCUT2D eigenvalue weighted by Gasteiger charge is -2.16. The maximum Gasteiger partial charge on any atom is 0.325 e. The molecule has 34 heavy (non-hydrogen) atoms. The summed E-state index contributed by atoms with van der Waals surface area (Å²) in [6.45, 7) is 4.12. The molecule has 1 amide bonds. The van der Waals surface area contributed by atoms with Crippen molar-refractivity contribution in [2.75, 3.05) is 14.2 Å². The Morgan fingerprint density at radius 2 is 1.85 bits per heavy atom. The summed E-state index contributed by atoms with van der Waals surface area (Å²) in [7, 11) is -0.702. The standard InChI is InChI=1S/C24H27N3O5S2/c1-15(2)17-7-12-20-21(13-17)33-24(27(20)14-22(28)32-4)25-23(29)16-5-10-19(11-6-16)34(30,31)26(3)18-8-9-18/h5-7,10-13,15,18H,8-9,14H2,1-4H3. The predicted molar refractivity (Wildman–Crippen MR) is 130 cm³/mol. The summed E-state index contributed by atoms with van der Waals surface area (Å²) in [4.78, 5) is 29.7. The molecule has 2 aromatic carbocycles. The molecule has 0 aliphatic heterocycles. The number of hydrogen-bond donors (Lipinski definition) is 0. The van der Waals surface area contributed by atoms with E-state index >= 15 is 0 Å². The number of amides is 1. The number of rotatable bonds is 7. The number of fused-ring (bicyclic) bond motifs is 1. The zero-order valence-corrected chi connectivity index (χ0v) is 21.1. The third kappa shape index (κ3) is 4.84. The minimum Gasteiger partial charge on any atom is -0.468 e. The van der Waals surface area contributed by atoms with Crippen molar-refractivity contribution in [3.8, 4) is 0 Å². The highest BCUT2D eigenvalue weighted by molar-refractivity contribution is 7.89. The zero-order valence-electron chi connectivity index (χ0n) is 19.5. The molecule has 0 unspecified atom stereocenters. The molecule has 0 saturated heterocycles. The number of carbonyl (C=O) groups excluding carboxylic acids is 2. The number of hydrogen-bond acceptors (Lipinski definition) is 6. The molecule has 1 aliphatic rings. The third-order valence-corrected chi connectivity index (χ3v) is 8.89. The Morgan fingerprint density at radius 3 is 2.44 bits per heavy atom. The number of esters is 1. The first-order valence-corrected chi connectivity index (χ1v) is 13.2. The van der Waals surface area contributed by atoms with Crippen molar-refractivity contribution in [3.05, 3.63) is 58.4 Å². The monoisotopic (exact) mass is 501 g/mol. The third-order valence-electron chi connectivity index (χ3n) is 5.92. The van der Waals surface area contributed by atoms with Crippen LogP contribution >= 0.6 is 11.3 Å². The van der Waals surface area contributed by atoms with Crippen LogP contribution in [0.4, 0.5) is 0 Å². The summed E-state index contributed by atoms with van der Waals surface area (Å²) in [5, 5.41) is 0. The highest BCUT2D eigenvalue weighted by Gasteiger charge is 2.35. The molecular formula is C24H27N3O5S2. The van der Waals surface area contributed by atoms with Gasteiger partial charge in [0.05, 0.1) is 22.2 Å². The van der Waals surface area contributed by atoms with Crippen LogP contribution in [0.25, 0.3) is 10.2 Å². The van der Waals surface area contributed by atoms with Crippen LogP contribution in [0.3, 0.4) is 0 Å². The number of aromatic nitrogens is 1. The quantitative estimate of drug-likeness (QED) is 0.462. The SMILES string of the molecule is COC(=O)Cn1c(=NC(=O)c2ccc(S(=O)(=O)N(C)C3CC3)cc2)sc2cc(C(C)C)ccc21. The van der Waals surface area contributed by atoms with Gasteiger partial charge in [0, 0.05) is 18.7 Å². The van der Waals surface area contributed by atoms with E-state index in [0.29, 0.717) is 10.7 Å². The highest BCUT2D eigenvalue weighted by atomic mass is 32.2. The van der Waals surface area contributed by atoms with Gasteiger partial charge in [-0.1, -0.05) is 31.3 Å². The lowest BCUT2D eigenvalue weighted by Crippen LogP contribution is -2.28.